The SMILES string of the molecule is CC(OC(=O)CCSc1ccc(F)cc1)C(N)=O. The van der Waals surface area contributed by atoms with Crippen LogP contribution in [0.15, 0.2) is 29.2 Å². The summed E-state index contributed by atoms with van der Waals surface area (Å²) in [6, 6.07) is 5.99. The van der Waals surface area contributed by atoms with Crippen molar-refractivity contribution in [1.29, 1.82) is 0 Å². The van der Waals surface area contributed by atoms with Crippen molar-refractivity contribution in [1.82, 2.24) is 0 Å². The molecule has 1 aromatic carbocycles. The van der Waals surface area contributed by atoms with E-state index < -0.39 is 18.0 Å². The number of carbonyl (C=O) groups is 2. The van der Waals surface area contributed by atoms with Crippen LogP contribution in [0.1, 0.15) is 13.3 Å². The van der Waals surface area contributed by atoms with Crippen molar-refractivity contribution in [2.45, 2.75) is 24.3 Å². The van der Waals surface area contributed by atoms with Crippen molar-refractivity contribution in [3.63, 3.8) is 0 Å². The van der Waals surface area contributed by atoms with Crippen molar-refractivity contribution in [3.8, 4) is 0 Å². The molecule has 0 heterocycles. The molecule has 1 unspecified atom stereocenters. The van der Waals surface area contributed by atoms with Crippen molar-refractivity contribution < 1.29 is 18.7 Å². The monoisotopic (exact) mass is 271 g/mol. The summed E-state index contributed by atoms with van der Waals surface area (Å²) in [5, 5.41) is 0. The number of nitrogens with two attached hydrogens (primary N) is 1. The van der Waals surface area contributed by atoms with Crippen LogP contribution in [0, 0.1) is 5.82 Å². The predicted octanol–water partition coefficient (Wildman–Crippen LogP) is 1.72. The van der Waals surface area contributed by atoms with Gasteiger partial charge in [-0.05, 0) is 31.2 Å². The van der Waals surface area contributed by atoms with Gasteiger partial charge in [0.25, 0.3) is 5.91 Å². The molecule has 2 N–H and O–H groups in total. The molecule has 18 heavy (non-hydrogen) atoms. The summed E-state index contributed by atoms with van der Waals surface area (Å²) in [5.74, 6) is -0.949. The fourth-order valence-corrected chi connectivity index (χ4v) is 1.93. The normalized spacial score (nSPS) is 11.9. The zero-order valence-corrected chi connectivity index (χ0v) is 10.7. The van der Waals surface area contributed by atoms with E-state index in [1.807, 2.05) is 0 Å². The second kappa shape index (κ2) is 7.00. The molecule has 0 aliphatic heterocycles. The molecule has 4 nitrogen and oxygen atoms in total. The highest BCUT2D eigenvalue weighted by Crippen LogP contribution is 2.19. The summed E-state index contributed by atoms with van der Waals surface area (Å²) in [7, 11) is 0. The molecule has 0 saturated heterocycles. The number of halogens is 1. The number of hydrogen-bond donors (Lipinski definition) is 1. The summed E-state index contributed by atoms with van der Waals surface area (Å²) in [5.41, 5.74) is 4.96. The summed E-state index contributed by atoms with van der Waals surface area (Å²) in [4.78, 5) is 22.8. The van der Waals surface area contributed by atoms with Gasteiger partial charge in [0.2, 0.25) is 0 Å². The van der Waals surface area contributed by atoms with Crippen molar-refractivity contribution >= 4 is 23.6 Å². The fraction of sp³-hybridized carbons (Fsp3) is 0.333. The largest absolute Gasteiger partial charge is 0.453 e. The zero-order chi connectivity index (χ0) is 13.5. The van der Waals surface area contributed by atoms with Crippen molar-refractivity contribution in [2.75, 3.05) is 5.75 Å². The standard InChI is InChI=1S/C12H14FNO3S/c1-8(12(14)16)17-11(15)6-7-18-10-4-2-9(13)3-5-10/h2-5,8H,6-7H2,1H3,(H2,14,16). The quantitative estimate of drug-likeness (QED) is 0.632. The Balaban J connectivity index is 2.27. The molecule has 0 aliphatic carbocycles. The Kier molecular flexibility index (Phi) is 5.64. The third-order valence-corrected chi connectivity index (χ3v) is 3.11. The van der Waals surface area contributed by atoms with Gasteiger partial charge in [-0.3, -0.25) is 9.59 Å². The molecule has 0 radical (unpaired) electrons. The first-order chi connectivity index (χ1) is 8.49. The first-order valence-corrected chi connectivity index (χ1v) is 6.35. The Bertz CT molecular complexity index is 422. The Morgan fingerprint density at radius 1 is 1.39 bits per heavy atom. The molecule has 0 aliphatic rings. The van der Waals surface area contributed by atoms with Crippen molar-refractivity contribution in [2.24, 2.45) is 5.73 Å². The molecule has 0 saturated carbocycles. The maximum atomic E-state index is 12.6. The van der Waals surface area contributed by atoms with E-state index in [1.165, 1.54) is 30.8 Å². The number of benzene rings is 1. The van der Waals surface area contributed by atoms with E-state index in [1.54, 1.807) is 12.1 Å². The lowest BCUT2D eigenvalue weighted by molar-refractivity contribution is -0.153. The average Bonchev–Trinajstić information content (AvgIpc) is 2.31. The maximum Gasteiger partial charge on any atom is 0.307 e. The number of esters is 1. The minimum absolute atomic E-state index is 0.166. The third kappa shape index (κ3) is 5.18. The van der Waals surface area contributed by atoms with E-state index in [-0.39, 0.29) is 12.2 Å². The molecule has 1 amide bonds. The Labute approximate surface area is 109 Å². The molecule has 98 valence electrons. The van der Waals surface area contributed by atoms with Gasteiger partial charge in [-0.25, -0.2) is 4.39 Å². The molecular formula is C12H14FNO3S. The first-order valence-electron chi connectivity index (χ1n) is 5.36. The van der Waals surface area contributed by atoms with Crippen LogP contribution in [-0.2, 0) is 14.3 Å². The first kappa shape index (κ1) is 14.5. The van der Waals surface area contributed by atoms with Crippen LogP contribution >= 0.6 is 11.8 Å². The Hall–Kier alpha value is -1.56. The maximum absolute atomic E-state index is 12.6. The van der Waals surface area contributed by atoms with E-state index in [4.69, 9.17) is 10.5 Å². The fourth-order valence-electron chi connectivity index (χ4n) is 1.10. The topological polar surface area (TPSA) is 69.4 Å². The predicted molar refractivity (Wildman–Crippen MR) is 66.5 cm³/mol. The number of thioether (sulfide) groups is 1. The van der Waals surface area contributed by atoms with Crippen LogP contribution in [0.5, 0.6) is 0 Å². The molecule has 1 rings (SSSR count). The molecule has 1 atom stereocenters. The van der Waals surface area contributed by atoms with E-state index in [9.17, 15) is 14.0 Å². The highest BCUT2D eigenvalue weighted by atomic mass is 32.2. The van der Waals surface area contributed by atoms with Gasteiger partial charge in [0, 0.05) is 10.6 Å². The molecular weight excluding hydrogens is 257 g/mol. The van der Waals surface area contributed by atoms with E-state index in [0.717, 1.165) is 4.90 Å². The van der Waals surface area contributed by atoms with Crippen molar-refractivity contribution in [3.05, 3.63) is 30.1 Å². The van der Waals surface area contributed by atoms with Gasteiger partial charge in [0.05, 0.1) is 6.42 Å². The van der Waals surface area contributed by atoms with Crippen LogP contribution in [0.25, 0.3) is 0 Å². The Morgan fingerprint density at radius 3 is 2.56 bits per heavy atom. The summed E-state index contributed by atoms with van der Waals surface area (Å²) >= 11 is 1.41. The van der Waals surface area contributed by atoms with Crippen LogP contribution in [0.4, 0.5) is 4.39 Å². The summed E-state index contributed by atoms with van der Waals surface area (Å²) in [6.45, 7) is 1.42. The minimum Gasteiger partial charge on any atom is -0.453 e. The molecule has 0 fully saturated rings. The van der Waals surface area contributed by atoms with E-state index >= 15 is 0 Å². The van der Waals surface area contributed by atoms with Gasteiger partial charge in [-0.2, -0.15) is 0 Å². The summed E-state index contributed by atoms with van der Waals surface area (Å²) in [6.07, 6.45) is -0.743. The zero-order valence-electron chi connectivity index (χ0n) is 9.89. The lowest BCUT2D eigenvalue weighted by Crippen LogP contribution is -2.30. The van der Waals surface area contributed by atoms with Gasteiger partial charge >= 0.3 is 5.97 Å². The summed E-state index contributed by atoms with van der Waals surface area (Å²) < 4.78 is 17.4. The van der Waals surface area contributed by atoms with Gasteiger partial charge < -0.3 is 10.5 Å². The van der Waals surface area contributed by atoms with Crippen LogP contribution < -0.4 is 5.73 Å². The second-order valence-corrected chi connectivity index (χ2v) is 4.76. The second-order valence-electron chi connectivity index (χ2n) is 3.59. The average molecular weight is 271 g/mol. The number of rotatable bonds is 6. The molecule has 1 aromatic rings. The number of amides is 1. The highest BCUT2D eigenvalue weighted by Gasteiger charge is 2.13. The molecule has 6 heteroatoms. The Morgan fingerprint density at radius 2 is 2.00 bits per heavy atom. The van der Waals surface area contributed by atoms with Gasteiger partial charge in [-0.1, -0.05) is 0 Å². The molecule has 0 spiro atoms. The van der Waals surface area contributed by atoms with Gasteiger partial charge in [0.1, 0.15) is 5.82 Å². The third-order valence-electron chi connectivity index (χ3n) is 2.10. The highest BCUT2D eigenvalue weighted by molar-refractivity contribution is 7.99. The van der Waals surface area contributed by atoms with Crippen LogP contribution in [0.2, 0.25) is 0 Å². The van der Waals surface area contributed by atoms with Gasteiger partial charge in [-0.15, -0.1) is 11.8 Å². The molecule has 0 aromatic heterocycles. The van der Waals surface area contributed by atoms with E-state index in [0.29, 0.717) is 5.75 Å². The molecule has 0 bridgehead atoms. The van der Waals surface area contributed by atoms with Gasteiger partial charge in [0.15, 0.2) is 6.10 Å². The number of ether oxygens (including phenoxy) is 1. The van der Waals surface area contributed by atoms with E-state index in [2.05, 4.69) is 0 Å². The number of carbonyl (C=O) groups excluding carboxylic acids is 2. The lowest BCUT2D eigenvalue weighted by atomic mass is 10.4. The lowest BCUT2D eigenvalue weighted by Gasteiger charge is -2.09. The number of primary amides is 1. The number of hydrogen-bond acceptors (Lipinski definition) is 4. The van der Waals surface area contributed by atoms with Crippen LogP contribution in [0.3, 0.4) is 0 Å². The minimum atomic E-state index is -0.909. The van der Waals surface area contributed by atoms with Crippen LogP contribution in [-0.4, -0.2) is 23.7 Å². The smallest absolute Gasteiger partial charge is 0.307 e.